The molecule has 4 rings (SSSR count). The van der Waals surface area contributed by atoms with Crippen LogP contribution in [0.25, 0.3) is 12.2 Å². The lowest BCUT2D eigenvalue weighted by atomic mass is 10.1. The summed E-state index contributed by atoms with van der Waals surface area (Å²) < 4.78 is 83.5. The maximum Gasteiger partial charge on any atom is 0.387 e. The van der Waals surface area contributed by atoms with E-state index in [-0.39, 0.29) is 51.5 Å². The number of rotatable bonds is 7. The molecule has 1 atom stereocenters. The molecular formula is C28H22ClF3N2O5S. The summed E-state index contributed by atoms with van der Waals surface area (Å²) in [7, 11) is -2.98. The number of methoxy groups -OCH3 is 1. The van der Waals surface area contributed by atoms with Crippen LogP contribution in [0.15, 0.2) is 65.6 Å². The van der Waals surface area contributed by atoms with Crippen LogP contribution in [0.4, 0.5) is 18.9 Å². The molecule has 1 unspecified atom stereocenters. The van der Waals surface area contributed by atoms with E-state index in [9.17, 15) is 21.6 Å². The Bertz CT molecular complexity index is 1600. The molecule has 0 spiro atoms. The van der Waals surface area contributed by atoms with Crippen molar-refractivity contribution in [3.63, 3.8) is 0 Å². The molecule has 1 heterocycles. The van der Waals surface area contributed by atoms with Gasteiger partial charge in [-0.25, -0.2) is 12.8 Å². The SMILES string of the molecule is COC(=N)CC#CC1CN(S(=O)(=O)c2cccc(OC(F)F)c2)c2cc(/C=C/c3c(F)cccc3Cl)ccc2O1. The third-order valence-electron chi connectivity index (χ3n) is 5.67. The largest absolute Gasteiger partial charge is 0.484 e. The molecule has 1 aliphatic heterocycles. The molecule has 0 fully saturated rings. The Morgan fingerprint density at radius 1 is 1.20 bits per heavy atom. The highest BCUT2D eigenvalue weighted by molar-refractivity contribution is 7.92. The van der Waals surface area contributed by atoms with Gasteiger partial charge in [-0.15, -0.1) is 0 Å². The molecule has 1 aliphatic rings. The average molecular weight is 591 g/mol. The van der Waals surface area contributed by atoms with Crippen LogP contribution in [-0.4, -0.2) is 40.7 Å². The van der Waals surface area contributed by atoms with Gasteiger partial charge in [-0.3, -0.25) is 9.71 Å². The molecule has 0 radical (unpaired) electrons. The number of nitrogens with zero attached hydrogens (tertiary/aromatic N) is 1. The molecule has 3 aromatic carbocycles. The first kappa shape index (κ1) is 28.9. The van der Waals surface area contributed by atoms with Crippen molar-refractivity contribution in [1.82, 2.24) is 0 Å². The highest BCUT2D eigenvalue weighted by Gasteiger charge is 2.34. The molecule has 0 amide bonds. The molecule has 12 heteroatoms. The zero-order valence-corrected chi connectivity index (χ0v) is 22.5. The van der Waals surface area contributed by atoms with Gasteiger partial charge in [-0.1, -0.05) is 47.7 Å². The molecule has 40 heavy (non-hydrogen) atoms. The van der Waals surface area contributed by atoms with Gasteiger partial charge in [0, 0.05) is 11.6 Å². The molecular weight excluding hydrogens is 569 g/mol. The minimum Gasteiger partial charge on any atom is -0.484 e. The molecule has 0 bridgehead atoms. The van der Waals surface area contributed by atoms with Gasteiger partial charge in [0.2, 0.25) is 0 Å². The summed E-state index contributed by atoms with van der Waals surface area (Å²) in [5, 5.41) is 7.77. The smallest absolute Gasteiger partial charge is 0.387 e. The maximum atomic E-state index is 14.2. The highest BCUT2D eigenvalue weighted by Crippen LogP contribution is 2.38. The fourth-order valence-corrected chi connectivity index (χ4v) is 5.51. The predicted molar refractivity (Wildman–Crippen MR) is 146 cm³/mol. The number of sulfonamides is 1. The Balaban J connectivity index is 1.75. The van der Waals surface area contributed by atoms with E-state index in [4.69, 9.17) is 26.5 Å². The second-order valence-electron chi connectivity index (χ2n) is 8.32. The highest BCUT2D eigenvalue weighted by atomic mass is 35.5. The van der Waals surface area contributed by atoms with Crippen molar-refractivity contribution in [3.05, 3.63) is 82.6 Å². The standard InChI is InChI=1S/C28H22ClF3N2O5S/c1-37-27(33)10-3-6-20-17-34(40(35,36)21-7-2-5-19(16-21)39-28(31)32)25-15-18(12-14-26(25)38-20)11-13-22-23(29)8-4-9-24(22)30/h2,4-5,7-9,11-16,20,28,33H,10,17H2,1H3/b13-11+,33-27?. The number of halogens is 4. The van der Waals surface area contributed by atoms with Gasteiger partial charge in [-0.05, 0) is 48.0 Å². The molecule has 0 saturated heterocycles. The first-order valence-corrected chi connectivity index (χ1v) is 13.5. The van der Waals surface area contributed by atoms with Crippen LogP contribution in [0.2, 0.25) is 5.02 Å². The predicted octanol–water partition coefficient (Wildman–Crippen LogP) is 6.22. The number of fused-ring (bicyclic) bond motifs is 1. The number of ether oxygens (including phenoxy) is 3. The number of alkyl halides is 2. The first-order valence-electron chi connectivity index (χ1n) is 11.7. The third kappa shape index (κ3) is 6.70. The fraction of sp³-hybridized carbons (Fsp3) is 0.179. The summed E-state index contributed by atoms with van der Waals surface area (Å²) in [5.41, 5.74) is 0.829. The van der Waals surface area contributed by atoms with Gasteiger partial charge in [0.1, 0.15) is 17.3 Å². The van der Waals surface area contributed by atoms with E-state index < -0.39 is 28.6 Å². The van der Waals surface area contributed by atoms with Gasteiger partial charge in [-0.2, -0.15) is 8.78 Å². The maximum absolute atomic E-state index is 14.2. The van der Waals surface area contributed by atoms with Crippen molar-refractivity contribution in [2.45, 2.75) is 24.0 Å². The fourth-order valence-electron chi connectivity index (χ4n) is 3.78. The third-order valence-corrected chi connectivity index (χ3v) is 7.78. The van der Waals surface area contributed by atoms with E-state index in [0.29, 0.717) is 5.56 Å². The summed E-state index contributed by atoms with van der Waals surface area (Å²) in [6, 6.07) is 13.8. The van der Waals surface area contributed by atoms with Crippen LogP contribution >= 0.6 is 11.6 Å². The van der Waals surface area contributed by atoms with Crippen molar-refractivity contribution in [1.29, 1.82) is 5.41 Å². The van der Waals surface area contributed by atoms with Gasteiger partial charge in [0.05, 0.1) is 35.7 Å². The summed E-state index contributed by atoms with van der Waals surface area (Å²) in [6.45, 7) is -3.38. The number of nitrogens with one attached hydrogen (secondary N) is 1. The number of hydrogen-bond acceptors (Lipinski definition) is 6. The van der Waals surface area contributed by atoms with Crippen molar-refractivity contribution in [3.8, 4) is 23.3 Å². The molecule has 3 aromatic rings. The van der Waals surface area contributed by atoms with E-state index in [2.05, 4.69) is 16.6 Å². The van der Waals surface area contributed by atoms with Crippen LogP contribution in [0.3, 0.4) is 0 Å². The number of benzene rings is 3. The van der Waals surface area contributed by atoms with Gasteiger partial charge in [0.25, 0.3) is 10.0 Å². The molecule has 0 saturated carbocycles. The van der Waals surface area contributed by atoms with E-state index in [1.165, 1.54) is 49.6 Å². The van der Waals surface area contributed by atoms with Gasteiger partial charge in [0.15, 0.2) is 12.0 Å². The van der Waals surface area contributed by atoms with Crippen molar-refractivity contribution in [2.24, 2.45) is 0 Å². The van der Waals surface area contributed by atoms with Crippen LogP contribution in [0, 0.1) is 23.1 Å². The minimum absolute atomic E-state index is 0.00861. The Hall–Kier alpha value is -4.14. The van der Waals surface area contributed by atoms with E-state index in [1.807, 2.05) is 0 Å². The summed E-state index contributed by atoms with van der Waals surface area (Å²) in [5.74, 6) is 4.80. The lowest BCUT2D eigenvalue weighted by Crippen LogP contribution is -2.43. The first-order chi connectivity index (χ1) is 19.1. The van der Waals surface area contributed by atoms with Crippen LogP contribution < -0.4 is 13.8 Å². The van der Waals surface area contributed by atoms with Gasteiger partial charge < -0.3 is 14.2 Å². The summed E-state index contributed by atoms with van der Waals surface area (Å²) in [4.78, 5) is -0.287. The van der Waals surface area contributed by atoms with Gasteiger partial charge >= 0.3 is 6.61 Å². The monoisotopic (exact) mass is 590 g/mol. The van der Waals surface area contributed by atoms with Crippen LogP contribution in [0.1, 0.15) is 17.5 Å². The minimum atomic E-state index is -4.32. The quantitative estimate of drug-likeness (QED) is 0.153. The molecule has 1 N–H and O–H groups in total. The summed E-state index contributed by atoms with van der Waals surface area (Å²) >= 11 is 6.10. The van der Waals surface area contributed by atoms with Crippen LogP contribution in [0.5, 0.6) is 11.5 Å². The molecule has 7 nitrogen and oxygen atoms in total. The molecule has 208 valence electrons. The second-order valence-corrected chi connectivity index (χ2v) is 10.6. The van der Waals surface area contributed by atoms with Crippen molar-refractivity contribution < 1.29 is 35.8 Å². The Morgan fingerprint density at radius 3 is 2.70 bits per heavy atom. The Kier molecular flexibility index (Phi) is 8.92. The zero-order valence-electron chi connectivity index (χ0n) is 20.9. The zero-order chi connectivity index (χ0) is 28.9. The molecule has 0 aromatic heterocycles. The summed E-state index contributed by atoms with van der Waals surface area (Å²) in [6.07, 6.45) is 2.11. The Labute approximate surface area is 234 Å². The van der Waals surface area contributed by atoms with E-state index in [0.717, 1.165) is 10.4 Å². The number of anilines is 1. The van der Waals surface area contributed by atoms with Crippen LogP contribution in [-0.2, 0) is 14.8 Å². The Morgan fingerprint density at radius 2 is 1.98 bits per heavy atom. The van der Waals surface area contributed by atoms with Crippen molar-refractivity contribution >= 4 is 45.4 Å². The number of hydrogen-bond donors (Lipinski definition) is 1. The lowest BCUT2D eigenvalue weighted by Gasteiger charge is -2.33. The second kappa shape index (κ2) is 12.4. The van der Waals surface area contributed by atoms with E-state index in [1.54, 1.807) is 24.3 Å². The normalized spacial score (nSPS) is 14.8. The van der Waals surface area contributed by atoms with Crippen molar-refractivity contribution in [2.75, 3.05) is 18.0 Å². The molecule has 0 aliphatic carbocycles. The average Bonchev–Trinajstić information content (AvgIpc) is 2.92. The lowest BCUT2D eigenvalue weighted by molar-refractivity contribution is -0.0499. The topological polar surface area (TPSA) is 88.9 Å². The van der Waals surface area contributed by atoms with E-state index >= 15 is 0 Å².